The van der Waals surface area contributed by atoms with E-state index >= 15 is 0 Å². The van der Waals surface area contributed by atoms with Gasteiger partial charge < -0.3 is 9.84 Å². The largest absolute Gasteiger partial charge is 0.481 e. The first-order chi connectivity index (χ1) is 18.3. The molecule has 0 bridgehead atoms. The van der Waals surface area contributed by atoms with Crippen LogP contribution in [0.25, 0.3) is 10.9 Å². The van der Waals surface area contributed by atoms with Gasteiger partial charge in [0.05, 0.1) is 27.6 Å². The number of carboxylic acids is 1. The van der Waals surface area contributed by atoms with Crippen LogP contribution in [-0.4, -0.2) is 31.9 Å². The first kappa shape index (κ1) is 26.7. The first-order valence-corrected chi connectivity index (χ1v) is 12.6. The zero-order valence-corrected chi connectivity index (χ0v) is 21.9. The van der Waals surface area contributed by atoms with Crippen molar-refractivity contribution in [2.45, 2.75) is 32.8 Å². The van der Waals surface area contributed by atoms with Crippen molar-refractivity contribution in [2.75, 3.05) is 0 Å². The highest BCUT2D eigenvalue weighted by atomic mass is 79.9. The molecule has 1 N–H and O–H groups in total. The average Bonchev–Trinajstić information content (AvgIpc) is 2.90. The highest BCUT2D eigenvalue weighted by Gasteiger charge is 2.19. The fourth-order valence-corrected chi connectivity index (χ4v) is 4.19. The minimum Gasteiger partial charge on any atom is -0.481 e. The van der Waals surface area contributed by atoms with Gasteiger partial charge in [-0.2, -0.15) is 9.78 Å². The summed E-state index contributed by atoms with van der Waals surface area (Å²) in [6.07, 6.45) is 3.54. The van der Waals surface area contributed by atoms with E-state index in [4.69, 9.17) is 4.74 Å². The van der Waals surface area contributed by atoms with Gasteiger partial charge in [0.2, 0.25) is 5.75 Å². The summed E-state index contributed by atoms with van der Waals surface area (Å²) in [6, 6.07) is 15.7. The van der Waals surface area contributed by atoms with Crippen LogP contribution >= 0.6 is 15.9 Å². The lowest BCUT2D eigenvalue weighted by Gasteiger charge is -2.11. The summed E-state index contributed by atoms with van der Waals surface area (Å²) in [6.45, 7) is 1.92. The molecular formula is C27H23BrN4O6. The Balaban J connectivity index is 1.76. The van der Waals surface area contributed by atoms with Crippen LogP contribution < -0.4 is 10.3 Å². The maximum atomic E-state index is 13.3. The lowest BCUT2D eigenvalue weighted by atomic mass is 10.1. The van der Waals surface area contributed by atoms with Crippen molar-refractivity contribution < 1.29 is 19.6 Å². The molecule has 0 aliphatic rings. The molecule has 38 heavy (non-hydrogen) atoms. The number of aromatic nitrogens is 2. The van der Waals surface area contributed by atoms with Crippen molar-refractivity contribution in [3.63, 3.8) is 0 Å². The number of aromatic carboxylic acids is 1. The molecule has 0 aliphatic heterocycles. The smallest absolute Gasteiger partial charge is 0.335 e. The van der Waals surface area contributed by atoms with Crippen molar-refractivity contribution in [1.82, 2.24) is 9.66 Å². The van der Waals surface area contributed by atoms with Gasteiger partial charge in [-0.1, -0.05) is 47.5 Å². The van der Waals surface area contributed by atoms with Crippen LogP contribution in [0.4, 0.5) is 5.69 Å². The third-order valence-corrected chi connectivity index (χ3v) is 6.21. The normalized spacial score (nSPS) is 11.2. The van der Waals surface area contributed by atoms with Gasteiger partial charge in [0.1, 0.15) is 12.4 Å². The van der Waals surface area contributed by atoms with E-state index in [0.717, 1.165) is 17.3 Å². The number of carbonyl (C=O) groups is 1. The van der Waals surface area contributed by atoms with Gasteiger partial charge in [0.25, 0.3) is 5.56 Å². The zero-order valence-electron chi connectivity index (χ0n) is 20.3. The van der Waals surface area contributed by atoms with Crippen LogP contribution in [0.5, 0.6) is 5.75 Å². The summed E-state index contributed by atoms with van der Waals surface area (Å²) in [7, 11) is 0. The number of nitro groups is 1. The molecule has 10 nitrogen and oxygen atoms in total. The molecule has 194 valence electrons. The molecule has 4 aromatic rings. The Labute approximate surface area is 225 Å². The van der Waals surface area contributed by atoms with Crippen molar-refractivity contribution in [2.24, 2.45) is 5.10 Å². The fourth-order valence-electron chi connectivity index (χ4n) is 3.83. The number of hydrogen-bond acceptors (Lipinski definition) is 7. The Morgan fingerprint density at radius 3 is 2.74 bits per heavy atom. The SMILES string of the molecule is CCCCc1nc2ccc(Br)cc2c(=O)n1N=Cc1cccc([N+](=O)[O-])c1OCc1cccc(C(=O)O)c1. The quantitative estimate of drug-likeness (QED) is 0.147. The van der Waals surface area contributed by atoms with Crippen molar-refractivity contribution >= 4 is 44.7 Å². The first-order valence-electron chi connectivity index (χ1n) is 11.8. The monoisotopic (exact) mass is 578 g/mol. The van der Waals surface area contributed by atoms with E-state index in [0.29, 0.717) is 28.7 Å². The number of fused-ring (bicyclic) bond motifs is 1. The minimum absolute atomic E-state index is 0.0540. The Bertz CT molecular complexity index is 1620. The van der Waals surface area contributed by atoms with Gasteiger partial charge in [-0.25, -0.2) is 9.78 Å². The molecule has 0 fully saturated rings. The fraction of sp³-hybridized carbons (Fsp3) is 0.185. The molecule has 0 atom stereocenters. The molecule has 0 spiro atoms. The molecule has 0 aliphatic carbocycles. The number of benzene rings is 3. The molecule has 0 saturated carbocycles. The number of para-hydroxylation sites is 1. The maximum absolute atomic E-state index is 13.3. The van der Waals surface area contributed by atoms with Crippen molar-refractivity contribution in [3.8, 4) is 5.75 Å². The van der Waals surface area contributed by atoms with E-state index in [1.807, 2.05) is 13.0 Å². The van der Waals surface area contributed by atoms with Crippen LogP contribution in [0.15, 0.2) is 75.0 Å². The van der Waals surface area contributed by atoms with Crippen molar-refractivity contribution in [1.29, 1.82) is 0 Å². The van der Waals surface area contributed by atoms with Gasteiger partial charge in [-0.05, 0) is 48.4 Å². The second-order valence-corrected chi connectivity index (χ2v) is 9.32. The summed E-state index contributed by atoms with van der Waals surface area (Å²) in [5.41, 5.74) is 0.771. The summed E-state index contributed by atoms with van der Waals surface area (Å²) in [5.74, 6) is -0.673. The number of aryl methyl sites for hydroxylation is 1. The minimum atomic E-state index is -1.09. The van der Waals surface area contributed by atoms with Crippen LogP contribution in [-0.2, 0) is 13.0 Å². The third kappa shape index (κ3) is 5.94. The average molecular weight is 579 g/mol. The number of unbranched alkanes of at least 4 members (excludes halogenated alkanes) is 1. The molecule has 11 heteroatoms. The van der Waals surface area contributed by atoms with E-state index in [2.05, 4.69) is 26.0 Å². The second-order valence-electron chi connectivity index (χ2n) is 8.40. The van der Waals surface area contributed by atoms with E-state index in [1.165, 1.54) is 35.2 Å². The lowest BCUT2D eigenvalue weighted by molar-refractivity contribution is -0.385. The topological polar surface area (TPSA) is 137 Å². The molecular weight excluding hydrogens is 556 g/mol. The van der Waals surface area contributed by atoms with Gasteiger partial charge in [-0.3, -0.25) is 14.9 Å². The summed E-state index contributed by atoms with van der Waals surface area (Å²) in [4.78, 5) is 40.4. The standard InChI is InChI=1S/C27H23BrN4O6/c1-2-3-10-24-30-22-12-11-20(28)14-21(22)26(33)31(24)29-15-19-8-5-9-23(32(36)37)25(19)38-16-17-6-4-7-18(13-17)27(34)35/h4-9,11-15H,2-3,10,16H2,1H3,(H,34,35). The zero-order chi connectivity index (χ0) is 27.2. The van der Waals surface area contributed by atoms with Gasteiger partial charge in [0, 0.05) is 22.5 Å². The number of rotatable bonds is 10. The summed E-state index contributed by atoms with van der Waals surface area (Å²) in [5, 5.41) is 25.7. The van der Waals surface area contributed by atoms with Gasteiger partial charge >= 0.3 is 11.7 Å². The molecule has 0 amide bonds. The van der Waals surface area contributed by atoms with Crippen LogP contribution in [0, 0.1) is 10.1 Å². The molecule has 0 unspecified atom stereocenters. The van der Waals surface area contributed by atoms with Gasteiger partial charge in [-0.15, -0.1) is 0 Å². The molecule has 3 aromatic carbocycles. The van der Waals surface area contributed by atoms with E-state index in [9.17, 15) is 24.8 Å². The Kier molecular flexibility index (Phi) is 8.27. The lowest BCUT2D eigenvalue weighted by Crippen LogP contribution is -2.22. The molecule has 4 rings (SSSR count). The molecule has 0 radical (unpaired) electrons. The Morgan fingerprint density at radius 1 is 1.21 bits per heavy atom. The summed E-state index contributed by atoms with van der Waals surface area (Å²) >= 11 is 3.38. The highest BCUT2D eigenvalue weighted by molar-refractivity contribution is 9.10. The van der Waals surface area contributed by atoms with Crippen LogP contribution in [0.2, 0.25) is 0 Å². The van der Waals surface area contributed by atoms with Gasteiger partial charge in [0.15, 0.2) is 0 Å². The number of ether oxygens (including phenoxy) is 1. The third-order valence-electron chi connectivity index (χ3n) is 5.72. The molecule has 1 aromatic heterocycles. The van der Waals surface area contributed by atoms with E-state index in [-0.39, 0.29) is 34.7 Å². The number of halogens is 1. The predicted octanol–water partition coefficient (Wildman–Crippen LogP) is 5.57. The number of nitrogens with zero attached hydrogens (tertiary/aromatic N) is 4. The number of carboxylic acid groups (broad SMARTS) is 1. The van der Waals surface area contributed by atoms with Crippen molar-refractivity contribution in [3.05, 3.63) is 108 Å². The number of nitro benzene ring substituents is 1. The van der Waals surface area contributed by atoms with Crippen LogP contribution in [0.3, 0.4) is 0 Å². The highest BCUT2D eigenvalue weighted by Crippen LogP contribution is 2.31. The van der Waals surface area contributed by atoms with Crippen LogP contribution in [0.1, 0.15) is 47.1 Å². The summed E-state index contributed by atoms with van der Waals surface area (Å²) < 4.78 is 7.75. The maximum Gasteiger partial charge on any atom is 0.335 e. The van der Waals surface area contributed by atoms with E-state index < -0.39 is 10.9 Å². The second kappa shape index (κ2) is 11.8. The Hall–Kier alpha value is -4.38. The molecule has 1 heterocycles. The number of hydrogen-bond donors (Lipinski definition) is 1. The van der Waals surface area contributed by atoms with E-state index in [1.54, 1.807) is 30.3 Å². The Morgan fingerprint density at radius 2 is 2.00 bits per heavy atom. The predicted molar refractivity (Wildman–Crippen MR) is 146 cm³/mol. The molecule has 0 saturated heterocycles.